The van der Waals surface area contributed by atoms with Gasteiger partial charge in [-0.25, -0.2) is 5.11 Å². The van der Waals surface area contributed by atoms with Crippen LogP contribution in [0.25, 0.3) is 0 Å². The average molecular weight is 197 g/mol. The van der Waals surface area contributed by atoms with Crippen molar-refractivity contribution in [3.63, 3.8) is 0 Å². The molecule has 0 bridgehead atoms. The van der Waals surface area contributed by atoms with E-state index in [4.69, 9.17) is 0 Å². The molecule has 0 fully saturated rings. The summed E-state index contributed by atoms with van der Waals surface area (Å²) in [5, 5.41) is 10.2. The van der Waals surface area contributed by atoms with Crippen LogP contribution in [0.1, 0.15) is 64.2 Å². The molecule has 0 spiro atoms. The van der Waals surface area contributed by atoms with Gasteiger partial charge < -0.3 is 0 Å². The quantitative estimate of drug-likeness (QED) is 0.343. The standard InChI is InChI=1S/C13H25O/c1-2-3-4-5-6-7-8-9-10-11-12-13-14/h2H,1,3-13H2. The van der Waals surface area contributed by atoms with Gasteiger partial charge in [-0.1, -0.05) is 51.0 Å². The molecule has 0 saturated heterocycles. The third-order valence-electron chi connectivity index (χ3n) is 2.55. The summed E-state index contributed by atoms with van der Waals surface area (Å²) in [7, 11) is 0. The maximum Gasteiger partial charge on any atom is 0.0822 e. The number of rotatable bonds is 11. The number of allylic oxidation sites excluding steroid dienone is 1. The van der Waals surface area contributed by atoms with Gasteiger partial charge in [0.05, 0.1) is 6.61 Å². The molecule has 0 saturated carbocycles. The van der Waals surface area contributed by atoms with E-state index in [1.54, 1.807) is 0 Å². The Balaban J connectivity index is 2.81. The van der Waals surface area contributed by atoms with E-state index in [0.717, 1.165) is 12.8 Å². The van der Waals surface area contributed by atoms with E-state index in [1.165, 1.54) is 51.4 Å². The van der Waals surface area contributed by atoms with Crippen LogP contribution in [0.4, 0.5) is 0 Å². The fourth-order valence-corrected chi connectivity index (χ4v) is 1.63. The number of hydrogen-bond donors (Lipinski definition) is 0. The molecule has 0 aromatic heterocycles. The van der Waals surface area contributed by atoms with Crippen molar-refractivity contribution in [1.29, 1.82) is 0 Å². The van der Waals surface area contributed by atoms with Crippen molar-refractivity contribution in [3.8, 4) is 0 Å². The Morgan fingerprint density at radius 2 is 1.14 bits per heavy atom. The maximum atomic E-state index is 10.2. The molecule has 0 heterocycles. The van der Waals surface area contributed by atoms with Gasteiger partial charge in [-0.15, -0.1) is 6.58 Å². The lowest BCUT2D eigenvalue weighted by atomic mass is 10.1. The van der Waals surface area contributed by atoms with E-state index >= 15 is 0 Å². The second-order valence-electron chi connectivity index (χ2n) is 3.96. The predicted octanol–water partition coefficient (Wildman–Crippen LogP) is 4.50. The monoisotopic (exact) mass is 197 g/mol. The first-order chi connectivity index (χ1) is 6.91. The van der Waals surface area contributed by atoms with Gasteiger partial charge in [0.2, 0.25) is 0 Å². The molecule has 0 unspecified atom stereocenters. The van der Waals surface area contributed by atoms with Gasteiger partial charge in [-0.3, -0.25) is 0 Å². The third-order valence-corrected chi connectivity index (χ3v) is 2.55. The summed E-state index contributed by atoms with van der Waals surface area (Å²) < 4.78 is 0. The van der Waals surface area contributed by atoms with Crippen LogP contribution in [0, 0.1) is 0 Å². The second kappa shape index (κ2) is 12.7. The largest absolute Gasteiger partial charge is 0.237 e. The highest BCUT2D eigenvalue weighted by Crippen LogP contribution is 2.10. The van der Waals surface area contributed by atoms with Gasteiger partial charge in [-0.05, 0) is 19.3 Å². The minimum absolute atomic E-state index is 0.113. The lowest BCUT2D eigenvalue weighted by molar-refractivity contribution is 0.186. The molecule has 0 aliphatic rings. The van der Waals surface area contributed by atoms with Crippen molar-refractivity contribution in [1.82, 2.24) is 0 Å². The van der Waals surface area contributed by atoms with Crippen molar-refractivity contribution >= 4 is 0 Å². The summed E-state index contributed by atoms with van der Waals surface area (Å²) in [5.74, 6) is 0. The molecule has 0 amide bonds. The van der Waals surface area contributed by atoms with Gasteiger partial charge in [0.1, 0.15) is 0 Å². The molecule has 1 nitrogen and oxygen atoms in total. The van der Waals surface area contributed by atoms with Crippen LogP contribution in [-0.2, 0) is 5.11 Å². The molecule has 83 valence electrons. The zero-order chi connectivity index (χ0) is 10.5. The summed E-state index contributed by atoms with van der Waals surface area (Å²) >= 11 is 0. The molecule has 0 atom stereocenters. The lowest BCUT2D eigenvalue weighted by Gasteiger charge is -2.00. The predicted molar refractivity (Wildman–Crippen MR) is 61.9 cm³/mol. The van der Waals surface area contributed by atoms with Gasteiger partial charge in [0, 0.05) is 0 Å². The van der Waals surface area contributed by atoms with E-state index in [0.29, 0.717) is 0 Å². The molecule has 0 aromatic rings. The highest BCUT2D eigenvalue weighted by Gasteiger charge is 1.91. The fourth-order valence-electron chi connectivity index (χ4n) is 1.63. The number of unbranched alkanes of at least 4 members (excludes halogenated alkanes) is 9. The number of hydrogen-bond acceptors (Lipinski definition) is 0. The van der Waals surface area contributed by atoms with E-state index in [9.17, 15) is 5.11 Å². The van der Waals surface area contributed by atoms with Crippen LogP contribution in [0.5, 0.6) is 0 Å². The first-order valence-corrected chi connectivity index (χ1v) is 6.11. The summed E-state index contributed by atoms with van der Waals surface area (Å²) in [6, 6.07) is 0. The lowest BCUT2D eigenvalue weighted by Crippen LogP contribution is -1.83. The highest BCUT2D eigenvalue weighted by atomic mass is 16.2. The van der Waals surface area contributed by atoms with E-state index in [-0.39, 0.29) is 6.61 Å². The van der Waals surface area contributed by atoms with Gasteiger partial charge in [0.25, 0.3) is 0 Å². The molecule has 1 heteroatoms. The molecular formula is C13H25O. The third kappa shape index (κ3) is 11.7. The van der Waals surface area contributed by atoms with Crippen LogP contribution in [0.3, 0.4) is 0 Å². The van der Waals surface area contributed by atoms with E-state index < -0.39 is 0 Å². The van der Waals surface area contributed by atoms with Crippen molar-refractivity contribution in [2.45, 2.75) is 64.2 Å². The van der Waals surface area contributed by atoms with Crippen molar-refractivity contribution in [2.75, 3.05) is 6.61 Å². The molecule has 0 N–H and O–H groups in total. The van der Waals surface area contributed by atoms with Crippen molar-refractivity contribution < 1.29 is 5.11 Å². The van der Waals surface area contributed by atoms with Crippen LogP contribution in [0.2, 0.25) is 0 Å². The molecule has 14 heavy (non-hydrogen) atoms. The van der Waals surface area contributed by atoms with Gasteiger partial charge in [-0.2, -0.15) is 0 Å². The summed E-state index contributed by atoms with van der Waals surface area (Å²) in [6.45, 7) is 3.82. The van der Waals surface area contributed by atoms with E-state index in [1.807, 2.05) is 6.08 Å². The first kappa shape index (κ1) is 13.7. The zero-order valence-electron chi connectivity index (χ0n) is 9.47. The summed E-state index contributed by atoms with van der Waals surface area (Å²) in [4.78, 5) is 0. The average Bonchev–Trinajstić information content (AvgIpc) is 2.21. The van der Waals surface area contributed by atoms with Gasteiger partial charge >= 0.3 is 0 Å². The summed E-state index contributed by atoms with van der Waals surface area (Å²) in [5.41, 5.74) is 0. The Labute approximate surface area is 89.2 Å². The Bertz CT molecular complexity index is 110. The Hall–Kier alpha value is -0.300. The smallest absolute Gasteiger partial charge is 0.0822 e. The second-order valence-corrected chi connectivity index (χ2v) is 3.96. The highest BCUT2D eigenvalue weighted by molar-refractivity contribution is 4.65. The van der Waals surface area contributed by atoms with E-state index in [2.05, 4.69) is 6.58 Å². The van der Waals surface area contributed by atoms with Crippen LogP contribution >= 0.6 is 0 Å². The van der Waals surface area contributed by atoms with Crippen molar-refractivity contribution in [2.24, 2.45) is 0 Å². The Morgan fingerprint density at radius 3 is 1.57 bits per heavy atom. The fraction of sp³-hybridized carbons (Fsp3) is 0.846. The van der Waals surface area contributed by atoms with Crippen LogP contribution < -0.4 is 0 Å². The molecule has 0 rings (SSSR count). The Kier molecular flexibility index (Phi) is 12.4. The first-order valence-electron chi connectivity index (χ1n) is 6.11. The normalized spacial score (nSPS) is 10.4. The molecule has 0 aliphatic carbocycles. The minimum Gasteiger partial charge on any atom is -0.237 e. The summed E-state index contributed by atoms with van der Waals surface area (Å²) in [6.07, 6.45) is 14.5. The van der Waals surface area contributed by atoms with Crippen LogP contribution in [-0.4, -0.2) is 6.61 Å². The molecule has 1 radical (unpaired) electrons. The molecule has 0 aromatic carbocycles. The maximum absolute atomic E-state index is 10.2. The van der Waals surface area contributed by atoms with Crippen LogP contribution in [0.15, 0.2) is 12.7 Å². The Morgan fingerprint density at radius 1 is 0.714 bits per heavy atom. The SMILES string of the molecule is C=CCCCCCCCCCCC[O]. The molecular weight excluding hydrogens is 172 g/mol. The zero-order valence-corrected chi connectivity index (χ0v) is 9.47. The van der Waals surface area contributed by atoms with Crippen molar-refractivity contribution in [3.05, 3.63) is 12.7 Å². The molecule has 0 aliphatic heterocycles. The minimum atomic E-state index is 0.113. The van der Waals surface area contributed by atoms with Gasteiger partial charge in [0.15, 0.2) is 0 Å². The topological polar surface area (TPSA) is 19.9 Å².